The Morgan fingerprint density at radius 2 is 1.13 bits per heavy atom. The van der Waals surface area contributed by atoms with Crippen LogP contribution in [0.15, 0.2) is 206 Å². The summed E-state index contributed by atoms with van der Waals surface area (Å²) in [7, 11) is 0. The Labute approximate surface area is 353 Å². The number of hydrogen-bond acceptors (Lipinski definition) is 2. The van der Waals surface area contributed by atoms with Crippen molar-refractivity contribution in [2.75, 3.05) is 4.90 Å². The lowest BCUT2D eigenvalue weighted by Gasteiger charge is -2.30. The normalized spacial score (nSPS) is 13.0. The third kappa shape index (κ3) is 5.19. The molecule has 0 atom stereocenters. The molecule has 2 aromatic heterocycles. The van der Waals surface area contributed by atoms with Crippen molar-refractivity contribution in [3.05, 3.63) is 217 Å². The van der Waals surface area contributed by atoms with Gasteiger partial charge in [-0.05, 0) is 99.6 Å². The molecule has 0 saturated carbocycles. The van der Waals surface area contributed by atoms with Crippen LogP contribution in [0.3, 0.4) is 0 Å². The molecule has 12 rings (SSSR count). The van der Waals surface area contributed by atoms with Gasteiger partial charge in [-0.3, -0.25) is 0 Å². The molecule has 0 fully saturated rings. The summed E-state index contributed by atoms with van der Waals surface area (Å²) in [5.41, 5.74) is 17.2. The molecule has 2 nitrogen and oxygen atoms in total. The fourth-order valence-corrected chi connectivity index (χ4v) is 11.3. The fraction of sp³-hybridized carbons (Fsp3) is 0.0526. The highest BCUT2D eigenvalue weighted by molar-refractivity contribution is 7.26. The van der Waals surface area contributed by atoms with Gasteiger partial charge in [0.25, 0.3) is 0 Å². The van der Waals surface area contributed by atoms with E-state index in [0.29, 0.717) is 0 Å². The van der Waals surface area contributed by atoms with Gasteiger partial charge >= 0.3 is 0 Å². The van der Waals surface area contributed by atoms with Gasteiger partial charge in [-0.1, -0.05) is 159 Å². The molecule has 0 saturated heterocycles. The van der Waals surface area contributed by atoms with Crippen LogP contribution in [0.1, 0.15) is 25.0 Å². The van der Waals surface area contributed by atoms with Crippen LogP contribution in [0.4, 0.5) is 17.1 Å². The summed E-state index contributed by atoms with van der Waals surface area (Å²) in [6, 6.07) is 76.0. The summed E-state index contributed by atoms with van der Waals surface area (Å²) in [4.78, 5) is 2.55. The minimum Gasteiger partial charge on any atom is -0.309 e. The van der Waals surface area contributed by atoms with Gasteiger partial charge in [0, 0.05) is 53.3 Å². The van der Waals surface area contributed by atoms with E-state index in [9.17, 15) is 0 Å². The lowest BCUT2D eigenvalue weighted by atomic mass is 9.82. The van der Waals surface area contributed by atoms with Crippen molar-refractivity contribution < 1.29 is 0 Å². The van der Waals surface area contributed by atoms with E-state index in [4.69, 9.17) is 0 Å². The van der Waals surface area contributed by atoms with E-state index in [0.717, 1.165) is 5.69 Å². The molecule has 0 amide bonds. The quantitative estimate of drug-likeness (QED) is 0.163. The Morgan fingerprint density at radius 3 is 2.00 bits per heavy atom. The minimum absolute atomic E-state index is 0.129. The van der Waals surface area contributed by atoms with E-state index in [2.05, 4.69) is 230 Å². The van der Waals surface area contributed by atoms with Crippen molar-refractivity contribution in [3.8, 4) is 39.1 Å². The Balaban J connectivity index is 1.13. The Kier molecular flexibility index (Phi) is 7.79. The van der Waals surface area contributed by atoms with Crippen LogP contribution < -0.4 is 4.90 Å². The number of nitrogens with zero attached hydrogens (tertiary/aromatic N) is 2. The van der Waals surface area contributed by atoms with Crippen LogP contribution in [-0.2, 0) is 5.41 Å². The molecular weight excluding hydrogens is 745 g/mol. The second kappa shape index (κ2) is 13.4. The fourth-order valence-electron chi connectivity index (χ4n) is 10.0. The first-order chi connectivity index (χ1) is 29.5. The van der Waals surface area contributed by atoms with Crippen molar-refractivity contribution >= 4 is 70.4 Å². The largest absolute Gasteiger partial charge is 0.309 e. The van der Waals surface area contributed by atoms with E-state index in [1.807, 2.05) is 11.3 Å². The van der Waals surface area contributed by atoms with Crippen LogP contribution in [-0.4, -0.2) is 4.57 Å². The average molecular weight is 785 g/mol. The van der Waals surface area contributed by atoms with E-state index >= 15 is 0 Å². The summed E-state index contributed by atoms with van der Waals surface area (Å²) in [6.07, 6.45) is 0. The smallest absolute Gasteiger partial charge is 0.0555 e. The van der Waals surface area contributed by atoms with Crippen LogP contribution in [0.25, 0.3) is 81.0 Å². The van der Waals surface area contributed by atoms with Crippen molar-refractivity contribution in [2.24, 2.45) is 0 Å². The minimum atomic E-state index is -0.129. The number of aromatic nitrogens is 1. The molecule has 1 aliphatic rings. The van der Waals surface area contributed by atoms with Gasteiger partial charge in [-0.25, -0.2) is 0 Å². The highest BCUT2D eigenvalue weighted by atomic mass is 32.1. The van der Waals surface area contributed by atoms with Gasteiger partial charge in [-0.15, -0.1) is 11.3 Å². The molecule has 60 heavy (non-hydrogen) atoms. The van der Waals surface area contributed by atoms with Crippen LogP contribution in [0, 0.1) is 0 Å². The molecule has 0 N–H and O–H groups in total. The Morgan fingerprint density at radius 1 is 0.450 bits per heavy atom. The number of hydrogen-bond donors (Lipinski definition) is 0. The Hall–Kier alpha value is -7.20. The molecule has 9 aromatic carbocycles. The van der Waals surface area contributed by atoms with Gasteiger partial charge in [-0.2, -0.15) is 0 Å². The first kappa shape index (κ1) is 34.8. The van der Waals surface area contributed by atoms with Crippen molar-refractivity contribution in [1.29, 1.82) is 0 Å². The van der Waals surface area contributed by atoms with Gasteiger partial charge in [0.2, 0.25) is 0 Å². The number of para-hydroxylation sites is 2. The Bertz CT molecular complexity index is 3460. The zero-order chi connectivity index (χ0) is 40.0. The van der Waals surface area contributed by atoms with E-state index in [-0.39, 0.29) is 5.41 Å². The SMILES string of the molecule is CC1(C)c2ccccc2-c2c(N(c3cccc(-c4ccccc4)c3)c3ccc(-c4ccc5c(c4)c4ccccc4n5-c4ccccc4)c4sc5ccccc5c34)cccc21. The highest BCUT2D eigenvalue weighted by Gasteiger charge is 2.38. The zero-order valence-electron chi connectivity index (χ0n) is 33.4. The number of anilines is 3. The molecular formula is C57H40N2S. The predicted octanol–water partition coefficient (Wildman–Crippen LogP) is 16.3. The third-order valence-electron chi connectivity index (χ3n) is 12.8. The van der Waals surface area contributed by atoms with Crippen molar-refractivity contribution in [2.45, 2.75) is 19.3 Å². The highest BCUT2D eigenvalue weighted by Crippen LogP contribution is 2.56. The molecule has 284 valence electrons. The van der Waals surface area contributed by atoms with E-state index < -0.39 is 0 Å². The second-order valence-electron chi connectivity index (χ2n) is 16.5. The van der Waals surface area contributed by atoms with Gasteiger partial charge in [0.1, 0.15) is 0 Å². The van der Waals surface area contributed by atoms with Gasteiger partial charge in [0.05, 0.1) is 22.4 Å². The predicted molar refractivity (Wildman–Crippen MR) is 257 cm³/mol. The molecule has 2 heterocycles. The summed E-state index contributed by atoms with van der Waals surface area (Å²) in [5, 5.41) is 5.06. The maximum atomic E-state index is 2.55. The lowest BCUT2D eigenvalue weighted by Crippen LogP contribution is -2.16. The van der Waals surface area contributed by atoms with Crippen LogP contribution in [0.5, 0.6) is 0 Å². The number of thiophene rings is 1. The molecule has 0 unspecified atom stereocenters. The van der Waals surface area contributed by atoms with E-state index in [1.54, 1.807) is 0 Å². The average Bonchev–Trinajstić information content (AvgIpc) is 3.93. The standard InChI is InChI=1S/C57H40N2S/c1-57(2)47-26-12-9-24-44(47)54-48(57)27-16-29-51(54)59(41-22-15-19-38(35-41)37-17-5-3-6-18-37)52-34-32-42(56-55(52)45-25-11-14-30-53(45)60-56)39-31-33-50-46(36-39)43-23-10-13-28-49(43)58(50)40-20-7-4-8-21-40/h3-36H,1-2H3. The molecule has 0 bridgehead atoms. The molecule has 0 aliphatic heterocycles. The molecule has 0 radical (unpaired) electrons. The van der Waals surface area contributed by atoms with Gasteiger partial charge in [0.15, 0.2) is 0 Å². The summed E-state index contributed by atoms with van der Waals surface area (Å²) in [6.45, 7) is 4.74. The summed E-state index contributed by atoms with van der Waals surface area (Å²) >= 11 is 1.90. The maximum Gasteiger partial charge on any atom is 0.0555 e. The topological polar surface area (TPSA) is 8.17 Å². The monoisotopic (exact) mass is 784 g/mol. The van der Waals surface area contributed by atoms with E-state index in [1.165, 1.54) is 104 Å². The van der Waals surface area contributed by atoms with Crippen molar-refractivity contribution in [1.82, 2.24) is 4.57 Å². The zero-order valence-corrected chi connectivity index (χ0v) is 34.2. The van der Waals surface area contributed by atoms with Crippen LogP contribution >= 0.6 is 11.3 Å². The maximum absolute atomic E-state index is 2.55. The summed E-state index contributed by atoms with van der Waals surface area (Å²) in [5.74, 6) is 0. The number of benzene rings is 9. The lowest BCUT2D eigenvalue weighted by molar-refractivity contribution is 0.660. The molecule has 3 heteroatoms. The molecule has 1 aliphatic carbocycles. The number of fused-ring (bicyclic) bond motifs is 9. The van der Waals surface area contributed by atoms with Crippen LogP contribution in [0.2, 0.25) is 0 Å². The first-order valence-electron chi connectivity index (χ1n) is 20.8. The number of rotatable bonds is 6. The van der Waals surface area contributed by atoms with Crippen molar-refractivity contribution in [3.63, 3.8) is 0 Å². The second-order valence-corrected chi connectivity index (χ2v) is 17.5. The molecule has 11 aromatic rings. The first-order valence-corrected chi connectivity index (χ1v) is 21.6. The summed E-state index contributed by atoms with van der Waals surface area (Å²) < 4.78 is 4.97. The third-order valence-corrected chi connectivity index (χ3v) is 14.0. The molecule has 0 spiro atoms. The van der Waals surface area contributed by atoms with Gasteiger partial charge < -0.3 is 9.47 Å².